The van der Waals surface area contributed by atoms with Crippen LogP contribution in [0.4, 0.5) is 5.69 Å². The number of nitrogens with one attached hydrogen (secondary N) is 3. The lowest BCUT2D eigenvalue weighted by Gasteiger charge is -2.21. The van der Waals surface area contributed by atoms with Crippen LogP contribution in [0.3, 0.4) is 0 Å². The van der Waals surface area contributed by atoms with E-state index in [1.165, 1.54) is 0 Å². The summed E-state index contributed by atoms with van der Waals surface area (Å²) < 4.78 is 5.67. The number of amides is 2. The molecule has 2 aromatic carbocycles. The van der Waals surface area contributed by atoms with E-state index < -0.39 is 0 Å². The smallest absolute Gasteiger partial charge is 0.257 e. The molecule has 0 saturated carbocycles. The van der Waals surface area contributed by atoms with Gasteiger partial charge in [0.05, 0.1) is 17.9 Å². The zero-order chi connectivity index (χ0) is 22.9. The first-order valence-corrected chi connectivity index (χ1v) is 10.9. The van der Waals surface area contributed by atoms with Gasteiger partial charge in [-0.1, -0.05) is 31.9 Å². The molecule has 0 bridgehead atoms. The van der Waals surface area contributed by atoms with Crippen molar-refractivity contribution < 1.29 is 14.3 Å². The predicted octanol–water partition coefficient (Wildman–Crippen LogP) is 4.91. The molecule has 2 aromatic rings. The fraction of sp³-hybridized carbons (Fsp3) is 0.375. The van der Waals surface area contributed by atoms with E-state index in [1.807, 2.05) is 20.8 Å². The van der Waals surface area contributed by atoms with Crippen molar-refractivity contribution in [2.45, 2.75) is 52.5 Å². The number of anilines is 1. The molecule has 0 saturated heterocycles. The van der Waals surface area contributed by atoms with Crippen LogP contribution >= 0.6 is 12.2 Å². The Bertz CT molecular complexity index is 905. The summed E-state index contributed by atoms with van der Waals surface area (Å²) in [5.41, 5.74) is 1.05. The zero-order valence-electron chi connectivity index (χ0n) is 18.6. The van der Waals surface area contributed by atoms with Crippen LogP contribution in [0, 0.1) is 0 Å². The maximum Gasteiger partial charge on any atom is 0.257 e. The van der Waals surface area contributed by atoms with E-state index >= 15 is 0 Å². The van der Waals surface area contributed by atoms with Crippen molar-refractivity contribution in [1.29, 1.82) is 0 Å². The Morgan fingerprint density at radius 2 is 1.65 bits per heavy atom. The van der Waals surface area contributed by atoms with E-state index in [-0.39, 0.29) is 22.5 Å². The fourth-order valence-electron chi connectivity index (χ4n) is 2.77. The Kier molecular flexibility index (Phi) is 9.00. The number of carbonyl (C=O) groups excluding carboxylic acids is 2. The summed E-state index contributed by atoms with van der Waals surface area (Å²) in [5.74, 6) is 0.165. The quantitative estimate of drug-likeness (QED) is 0.401. The standard InChI is InChI=1S/C24H31N3O3S/c1-5-6-9-16-30-18-14-12-17(13-15-18)21(28)26-23(31)25-20-11-8-7-10-19(20)22(29)27-24(2,3)4/h7-8,10-15H,5-6,9,16H2,1-4H3,(H,27,29)(H2,25,26,28,31). The predicted molar refractivity (Wildman–Crippen MR) is 129 cm³/mol. The fourth-order valence-corrected chi connectivity index (χ4v) is 2.97. The first-order chi connectivity index (χ1) is 14.7. The first-order valence-electron chi connectivity index (χ1n) is 10.5. The number of thiocarbonyl (C=S) groups is 1. The molecule has 0 aliphatic carbocycles. The minimum Gasteiger partial charge on any atom is -0.494 e. The van der Waals surface area contributed by atoms with E-state index in [4.69, 9.17) is 17.0 Å². The number of ether oxygens (including phenoxy) is 1. The van der Waals surface area contributed by atoms with Crippen LogP contribution in [0.2, 0.25) is 0 Å². The molecule has 0 heterocycles. The highest BCUT2D eigenvalue weighted by Gasteiger charge is 2.18. The number of hydrogen-bond donors (Lipinski definition) is 3. The highest BCUT2D eigenvalue weighted by Crippen LogP contribution is 2.17. The topological polar surface area (TPSA) is 79.5 Å². The van der Waals surface area contributed by atoms with Crippen molar-refractivity contribution in [2.24, 2.45) is 0 Å². The van der Waals surface area contributed by atoms with Gasteiger partial charge >= 0.3 is 0 Å². The molecule has 0 aliphatic rings. The first kappa shape index (κ1) is 24.3. The van der Waals surface area contributed by atoms with Crippen LogP contribution in [0.25, 0.3) is 0 Å². The van der Waals surface area contributed by atoms with Crippen molar-refractivity contribution in [3.05, 3.63) is 59.7 Å². The summed E-state index contributed by atoms with van der Waals surface area (Å²) in [4.78, 5) is 25.1. The number of hydrogen-bond acceptors (Lipinski definition) is 4. The Hall–Kier alpha value is -2.93. The summed E-state index contributed by atoms with van der Waals surface area (Å²) in [6.45, 7) is 8.54. The molecule has 6 nitrogen and oxygen atoms in total. The van der Waals surface area contributed by atoms with Gasteiger partial charge in [-0.15, -0.1) is 0 Å². The second kappa shape index (κ2) is 11.5. The molecule has 0 unspecified atom stereocenters. The summed E-state index contributed by atoms with van der Waals surface area (Å²) in [6.07, 6.45) is 3.28. The largest absolute Gasteiger partial charge is 0.494 e. The lowest BCUT2D eigenvalue weighted by Crippen LogP contribution is -2.41. The van der Waals surface area contributed by atoms with Crippen LogP contribution < -0.4 is 20.7 Å². The van der Waals surface area contributed by atoms with E-state index in [0.717, 1.165) is 25.0 Å². The Balaban J connectivity index is 1.95. The molecule has 31 heavy (non-hydrogen) atoms. The summed E-state index contributed by atoms with van der Waals surface area (Å²) in [5, 5.41) is 8.62. The van der Waals surface area contributed by atoms with E-state index in [0.29, 0.717) is 23.4 Å². The summed E-state index contributed by atoms with van der Waals surface area (Å²) in [6, 6.07) is 13.9. The number of rotatable bonds is 8. The molecule has 0 fully saturated rings. The Morgan fingerprint density at radius 1 is 0.968 bits per heavy atom. The molecule has 0 aromatic heterocycles. The van der Waals surface area contributed by atoms with Crippen molar-refractivity contribution in [2.75, 3.05) is 11.9 Å². The van der Waals surface area contributed by atoms with Gasteiger partial charge in [0.25, 0.3) is 11.8 Å². The third-order valence-electron chi connectivity index (χ3n) is 4.27. The molecule has 7 heteroatoms. The molecular formula is C24H31N3O3S. The molecule has 0 aliphatic heterocycles. The average Bonchev–Trinajstić information content (AvgIpc) is 2.70. The monoisotopic (exact) mass is 441 g/mol. The number of unbranched alkanes of at least 4 members (excludes halogenated alkanes) is 2. The summed E-state index contributed by atoms with van der Waals surface area (Å²) in [7, 11) is 0. The van der Waals surface area contributed by atoms with Crippen molar-refractivity contribution in [3.63, 3.8) is 0 Å². The molecule has 3 N–H and O–H groups in total. The van der Waals surface area contributed by atoms with Gasteiger partial charge in [-0.05, 0) is 75.8 Å². The third-order valence-corrected chi connectivity index (χ3v) is 4.47. The maximum atomic E-state index is 12.6. The molecule has 0 atom stereocenters. The normalized spacial score (nSPS) is 10.8. The van der Waals surface area contributed by atoms with Gasteiger partial charge in [-0.2, -0.15) is 0 Å². The highest BCUT2D eigenvalue weighted by atomic mass is 32.1. The Morgan fingerprint density at radius 3 is 2.29 bits per heavy atom. The summed E-state index contributed by atoms with van der Waals surface area (Å²) >= 11 is 5.28. The van der Waals surface area contributed by atoms with E-state index in [1.54, 1.807) is 48.5 Å². The van der Waals surface area contributed by atoms with Crippen LogP contribution in [0.1, 0.15) is 67.7 Å². The van der Waals surface area contributed by atoms with Crippen LogP contribution in [-0.2, 0) is 0 Å². The maximum absolute atomic E-state index is 12.6. The molecular weight excluding hydrogens is 410 g/mol. The third kappa shape index (κ3) is 8.38. The van der Waals surface area contributed by atoms with Crippen molar-refractivity contribution in [3.8, 4) is 5.75 Å². The average molecular weight is 442 g/mol. The lowest BCUT2D eigenvalue weighted by atomic mass is 10.1. The highest BCUT2D eigenvalue weighted by molar-refractivity contribution is 7.80. The van der Waals surface area contributed by atoms with E-state index in [2.05, 4.69) is 22.9 Å². The molecule has 2 amide bonds. The van der Waals surface area contributed by atoms with Crippen LogP contribution in [0.15, 0.2) is 48.5 Å². The molecule has 2 rings (SSSR count). The van der Waals surface area contributed by atoms with Gasteiger partial charge in [0.2, 0.25) is 0 Å². The van der Waals surface area contributed by atoms with Crippen molar-refractivity contribution >= 4 is 34.8 Å². The van der Waals surface area contributed by atoms with E-state index in [9.17, 15) is 9.59 Å². The number of benzene rings is 2. The van der Waals surface area contributed by atoms with Gasteiger partial charge in [0.15, 0.2) is 5.11 Å². The zero-order valence-corrected chi connectivity index (χ0v) is 19.4. The minimum atomic E-state index is -0.370. The molecule has 0 radical (unpaired) electrons. The van der Waals surface area contributed by atoms with Gasteiger partial charge < -0.3 is 15.4 Å². The van der Waals surface area contributed by atoms with Gasteiger partial charge in [-0.3, -0.25) is 14.9 Å². The molecule has 166 valence electrons. The second-order valence-electron chi connectivity index (χ2n) is 8.24. The number of carbonyl (C=O) groups is 2. The lowest BCUT2D eigenvalue weighted by molar-refractivity contribution is 0.0919. The molecule has 0 spiro atoms. The number of para-hydroxylation sites is 1. The van der Waals surface area contributed by atoms with Gasteiger partial charge in [-0.25, -0.2) is 0 Å². The van der Waals surface area contributed by atoms with Crippen LogP contribution in [0.5, 0.6) is 5.75 Å². The SMILES string of the molecule is CCCCCOc1ccc(C(=O)NC(=S)Nc2ccccc2C(=O)NC(C)(C)C)cc1. The minimum absolute atomic E-state index is 0.112. The van der Waals surface area contributed by atoms with Crippen LogP contribution in [-0.4, -0.2) is 29.1 Å². The van der Waals surface area contributed by atoms with Crippen molar-refractivity contribution in [1.82, 2.24) is 10.6 Å². The Labute approximate surface area is 189 Å². The second-order valence-corrected chi connectivity index (χ2v) is 8.65. The van der Waals surface area contributed by atoms with Gasteiger partial charge in [0, 0.05) is 11.1 Å². The van der Waals surface area contributed by atoms with Gasteiger partial charge in [0.1, 0.15) is 5.75 Å².